The number of carbonyl (C=O) groups excluding carboxylic acids is 2. The second-order valence-corrected chi connectivity index (χ2v) is 4.87. The van der Waals surface area contributed by atoms with Gasteiger partial charge in [0.2, 0.25) is 0 Å². The third-order valence-electron chi connectivity index (χ3n) is 3.10. The summed E-state index contributed by atoms with van der Waals surface area (Å²) in [4.78, 5) is 24.1. The number of Topliss-reactive ketones (excluding diaryl/α,β-unsaturated/α-hetero) is 1. The Bertz CT molecular complexity index is 281. The van der Waals surface area contributed by atoms with Gasteiger partial charge in [0.05, 0.1) is 6.61 Å². The second kappa shape index (κ2) is 6.15. The minimum absolute atomic E-state index is 0.0575. The molecule has 4 nitrogen and oxygen atoms in total. The lowest BCUT2D eigenvalue weighted by Gasteiger charge is -2.22. The molecule has 0 amide bonds. The number of methoxy groups -OCH3 is 1. The van der Waals surface area contributed by atoms with Gasteiger partial charge in [-0.05, 0) is 31.6 Å². The number of rotatable bonds is 7. The molecule has 1 aliphatic rings. The zero-order valence-corrected chi connectivity index (χ0v) is 11.1. The van der Waals surface area contributed by atoms with Crippen molar-refractivity contribution in [1.82, 2.24) is 0 Å². The van der Waals surface area contributed by atoms with Crippen molar-refractivity contribution in [2.75, 3.05) is 13.7 Å². The summed E-state index contributed by atoms with van der Waals surface area (Å²) in [5.74, 6) is -1.000. The van der Waals surface area contributed by atoms with E-state index in [1.54, 1.807) is 6.92 Å². The van der Waals surface area contributed by atoms with Crippen LogP contribution < -0.4 is 0 Å². The molecule has 0 aromatic heterocycles. The zero-order chi connectivity index (χ0) is 13.0. The van der Waals surface area contributed by atoms with Crippen LogP contribution in [0, 0.1) is 17.8 Å². The first-order valence-corrected chi connectivity index (χ1v) is 6.26. The molecule has 0 aromatic rings. The molecule has 0 N–H and O–H groups in total. The largest absolute Gasteiger partial charge is 0.465 e. The Labute approximate surface area is 103 Å². The Morgan fingerprint density at radius 2 is 1.88 bits per heavy atom. The van der Waals surface area contributed by atoms with Gasteiger partial charge >= 0.3 is 5.97 Å². The van der Waals surface area contributed by atoms with Crippen molar-refractivity contribution in [3.63, 3.8) is 0 Å². The third kappa shape index (κ3) is 3.53. The standard InChI is InChI=1S/C13H22O4/c1-5-17-13(15)10(8(2)3)11(14)12(16-4)9-6-7-9/h8-10,12H,5-7H2,1-4H3. The quantitative estimate of drug-likeness (QED) is 0.504. The van der Waals surface area contributed by atoms with Gasteiger partial charge in [-0.2, -0.15) is 0 Å². The second-order valence-electron chi connectivity index (χ2n) is 4.87. The van der Waals surface area contributed by atoms with Crippen LogP contribution in [0.4, 0.5) is 0 Å². The Balaban J connectivity index is 2.74. The van der Waals surface area contributed by atoms with E-state index in [2.05, 4.69) is 0 Å². The average Bonchev–Trinajstić information content (AvgIpc) is 3.03. The van der Waals surface area contributed by atoms with Crippen LogP contribution >= 0.6 is 0 Å². The van der Waals surface area contributed by atoms with Crippen LogP contribution in [0.5, 0.6) is 0 Å². The molecule has 1 saturated carbocycles. The summed E-state index contributed by atoms with van der Waals surface area (Å²) in [6.45, 7) is 5.77. The number of hydrogen-bond donors (Lipinski definition) is 0. The third-order valence-corrected chi connectivity index (χ3v) is 3.10. The summed E-state index contributed by atoms with van der Waals surface area (Å²) in [6, 6.07) is 0. The topological polar surface area (TPSA) is 52.6 Å². The molecule has 1 rings (SSSR count). The van der Waals surface area contributed by atoms with Crippen molar-refractivity contribution in [1.29, 1.82) is 0 Å². The van der Waals surface area contributed by atoms with Crippen LogP contribution in [0.25, 0.3) is 0 Å². The highest BCUT2D eigenvalue weighted by Crippen LogP contribution is 2.36. The van der Waals surface area contributed by atoms with Crippen LogP contribution in [0.2, 0.25) is 0 Å². The van der Waals surface area contributed by atoms with E-state index < -0.39 is 18.0 Å². The number of ketones is 1. The maximum Gasteiger partial charge on any atom is 0.316 e. The highest BCUT2D eigenvalue weighted by atomic mass is 16.5. The van der Waals surface area contributed by atoms with Crippen molar-refractivity contribution in [2.24, 2.45) is 17.8 Å². The molecule has 1 aliphatic carbocycles. The maximum absolute atomic E-state index is 12.3. The van der Waals surface area contributed by atoms with E-state index in [1.807, 2.05) is 13.8 Å². The smallest absolute Gasteiger partial charge is 0.316 e. The lowest BCUT2D eigenvalue weighted by molar-refractivity contribution is -0.156. The van der Waals surface area contributed by atoms with Crippen molar-refractivity contribution >= 4 is 11.8 Å². The van der Waals surface area contributed by atoms with E-state index >= 15 is 0 Å². The predicted molar refractivity (Wildman–Crippen MR) is 63.5 cm³/mol. The van der Waals surface area contributed by atoms with Gasteiger partial charge in [-0.15, -0.1) is 0 Å². The summed E-state index contributed by atoms with van der Waals surface area (Å²) in [5, 5.41) is 0. The van der Waals surface area contributed by atoms with Gasteiger partial charge in [-0.3, -0.25) is 9.59 Å². The first-order valence-electron chi connectivity index (χ1n) is 6.26. The van der Waals surface area contributed by atoms with Gasteiger partial charge in [0.25, 0.3) is 0 Å². The summed E-state index contributed by atoms with van der Waals surface area (Å²) in [7, 11) is 1.53. The minimum Gasteiger partial charge on any atom is -0.465 e. The van der Waals surface area contributed by atoms with Gasteiger partial charge in [-0.25, -0.2) is 0 Å². The highest BCUT2D eigenvalue weighted by molar-refractivity contribution is 6.01. The fraction of sp³-hybridized carbons (Fsp3) is 0.846. The van der Waals surface area contributed by atoms with E-state index in [1.165, 1.54) is 7.11 Å². The van der Waals surface area contributed by atoms with Crippen LogP contribution in [-0.2, 0) is 19.1 Å². The van der Waals surface area contributed by atoms with Gasteiger partial charge in [-0.1, -0.05) is 13.8 Å². The van der Waals surface area contributed by atoms with Crippen LogP contribution in [-0.4, -0.2) is 31.6 Å². The summed E-state index contributed by atoms with van der Waals surface area (Å²) < 4.78 is 10.2. The lowest BCUT2D eigenvalue weighted by Crippen LogP contribution is -2.39. The van der Waals surface area contributed by atoms with Crippen LogP contribution in [0.3, 0.4) is 0 Å². The summed E-state index contributed by atoms with van der Waals surface area (Å²) in [6.07, 6.45) is 1.59. The molecule has 0 bridgehead atoms. The van der Waals surface area contributed by atoms with Gasteiger partial charge in [0.1, 0.15) is 12.0 Å². The Morgan fingerprint density at radius 1 is 1.29 bits per heavy atom. The highest BCUT2D eigenvalue weighted by Gasteiger charge is 2.43. The van der Waals surface area contributed by atoms with E-state index in [0.717, 1.165) is 12.8 Å². The molecule has 0 radical (unpaired) electrons. The van der Waals surface area contributed by atoms with E-state index in [-0.39, 0.29) is 11.7 Å². The Kier molecular flexibility index (Phi) is 5.12. The molecule has 2 atom stereocenters. The molecule has 0 heterocycles. The molecule has 0 saturated heterocycles. The molecular weight excluding hydrogens is 220 g/mol. The molecule has 1 fully saturated rings. The molecule has 0 aromatic carbocycles. The van der Waals surface area contributed by atoms with Crippen molar-refractivity contribution < 1.29 is 19.1 Å². The Morgan fingerprint density at radius 3 is 2.24 bits per heavy atom. The van der Waals surface area contributed by atoms with Crippen LogP contribution in [0.1, 0.15) is 33.6 Å². The SMILES string of the molecule is CCOC(=O)C(C(=O)C(OC)C1CC1)C(C)C. The molecule has 98 valence electrons. The van der Waals surface area contributed by atoms with Crippen molar-refractivity contribution in [3.8, 4) is 0 Å². The first-order chi connectivity index (χ1) is 8.02. The Hall–Kier alpha value is -0.900. The first kappa shape index (κ1) is 14.2. The molecule has 17 heavy (non-hydrogen) atoms. The summed E-state index contributed by atoms with van der Waals surface area (Å²) >= 11 is 0. The number of ether oxygens (including phenoxy) is 2. The maximum atomic E-state index is 12.3. The monoisotopic (exact) mass is 242 g/mol. The van der Waals surface area contributed by atoms with E-state index in [9.17, 15) is 9.59 Å². The number of esters is 1. The fourth-order valence-electron chi connectivity index (χ4n) is 2.07. The lowest BCUT2D eigenvalue weighted by atomic mass is 9.87. The number of hydrogen-bond acceptors (Lipinski definition) is 4. The molecule has 4 heteroatoms. The van der Waals surface area contributed by atoms with Crippen LogP contribution in [0.15, 0.2) is 0 Å². The molecule has 0 spiro atoms. The fourth-order valence-corrected chi connectivity index (χ4v) is 2.07. The van der Waals surface area contributed by atoms with Gasteiger partial charge in [0.15, 0.2) is 5.78 Å². The van der Waals surface area contributed by atoms with E-state index in [0.29, 0.717) is 12.5 Å². The van der Waals surface area contributed by atoms with Gasteiger partial charge in [0, 0.05) is 7.11 Å². The normalized spacial score (nSPS) is 18.9. The summed E-state index contributed by atoms with van der Waals surface area (Å²) in [5.41, 5.74) is 0. The number of carbonyl (C=O) groups is 2. The van der Waals surface area contributed by atoms with E-state index in [4.69, 9.17) is 9.47 Å². The van der Waals surface area contributed by atoms with Crippen molar-refractivity contribution in [2.45, 2.75) is 39.7 Å². The predicted octanol–water partition coefficient (Wildman–Crippen LogP) is 1.82. The molecule has 2 unspecified atom stereocenters. The zero-order valence-electron chi connectivity index (χ0n) is 11.1. The molecular formula is C13H22O4. The average molecular weight is 242 g/mol. The van der Waals surface area contributed by atoms with Gasteiger partial charge < -0.3 is 9.47 Å². The molecule has 0 aliphatic heterocycles. The van der Waals surface area contributed by atoms with Crippen molar-refractivity contribution in [3.05, 3.63) is 0 Å². The minimum atomic E-state index is -0.694.